The van der Waals surface area contributed by atoms with Crippen molar-refractivity contribution < 1.29 is 19.7 Å². The van der Waals surface area contributed by atoms with Gasteiger partial charge < -0.3 is 20.3 Å². The van der Waals surface area contributed by atoms with Crippen molar-refractivity contribution in [2.75, 3.05) is 7.05 Å². The van der Waals surface area contributed by atoms with E-state index < -0.39 is 18.2 Å². The van der Waals surface area contributed by atoms with Gasteiger partial charge in [-0.2, -0.15) is 0 Å². The highest BCUT2D eigenvalue weighted by Crippen LogP contribution is 2.18. The number of rotatable bonds is 12. The van der Waals surface area contributed by atoms with Crippen LogP contribution in [0.5, 0.6) is 5.75 Å². The number of unbranched alkanes of at least 4 members (excludes halogenated alkanes) is 2. The van der Waals surface area contributed by atoms with Crippen LogP contribution < -0.4 is 10.1 Å². The lowest BCUT2D eigenvalue weighted by Crippen LogP contribution is -2.28. The molecule has 5 nitrogen and oxygen atoms in total. The molecule has 6 heteroatoms. The molecular formula is C30H38ClNO4. The van der Waals surface area contributed by atoms with E-state index in [4.69, 9.17) is 16.3 Å². The summed E-state index contributed by atoms with van der Waals surface area (Å²) in [5.74, 6) is -0.303. The Hall–Kier alpha value is -2.86. The molecule has 0 aromatic heterocycles. The van der Waals surface area contributed by atoms with Crippen LogP contribution in [0.3, 0.4) is 0 Å². The molecule has 0 heterocycles. The van der Waals surface area contributed by atoms with Crippen LogP contribution >= 0.6 is 11.6 Å². The van der Waals surface area contributed by atoms with Gasteiger partial charge in [0.1, 0.15) is 5.75 Å². The topological polar surface area (TPSA) is 78.8 Å². The summed E-state index contributed by atoms with van der Waals surface area (Å²) in [6.45, 7) is 3.94. The van der Waals surface area contributed by atoms with E-state index in [-0.39, 0.29) is 6.04 Å². The standard InChI is InChI=1S/C20H23ClO3.C10H15NO/c1-15-7-13-18(14-8-15)24-19(20(22)23)6-4-2-3-5-16-9-11-17(21)12-10-16;1-8(11-2)10(12)9-6-4-3-5-7-9/h7-14,19H,2-6H2,1H3,(H,22,23);3-8,10-12H,1-2H3. The number of halogens is 1. The van der Waals surface area contributed by atoms with Crippen LogP contribution in [-0.2, 0) is 11.2 Å². The second-order valence-electron chi connectivity index (χ2n) is 8.92. The molecule has 0 aliphatic heterocycles. The summed E-state index contributed by atoms with van der Waals surface area (Å²) >= 11 is 5.87. The number of benzene rings is 3. The minimum absolute atomic E-state index is 0.0902. The highest BCUT2D eigenvalue weighted by Gasteiger charge is 2.18. The first-order valence-electron chi connectivity index (χ1n) is 12.4. The van der Waals surface area contributed by atoms with Crippen LogP contribution in [0.2, 0.25) is 5.02 Å². The molecule has 0 aliphatic carbocycles. The molecule has 0 radical (unpaired) electrons. The van der Waals surface area contributed by atoms with Gasteiger partial charge >= 0.3 is 5.97 Å². The van der Waals surface area contributed by atoms with Gasteiger partial charge in [-0.15, -0.1) is 0 Å². The van der Waals surface area contributed by atoms with E-state index in [1.807, 2.05) is 99.8 Å². The molecule has 3 atom stereocenters. The predicted octanol–water partition coefficient (Wildman–Crippen LogP) is 6.61. The molecule has 3 aromatic carbocycles. The molecule has 0 fully saturated rings. The minimum Gasteiger partial charge on any atom is -0.479 e. The number of hydrogen-bond acceptors (Lipinski definition) is 4. The zero-order chi connectivity index (χ0) is 26.3. The normalized spacial score (nSPS) is 13.1. The first-order chi connectivity index (χ1) is 17.3. The van der Waals surface area contributed by atoms with Crippen LogP contribution in [0.1, 0.15) is 55.4 Å². The Labute approximate surface area is 220 Å². The molecule has 3 aromatic rings. The summed E-state index contributed by atoms with van der Waals surface area (Å²) in [7, 11) is 1.84. The summed E-state index contributed by atoms with van der Waals surface area (Å²) < 4.78 is 5.59. The summed E-state index contributed by atoms with van der Waals surface area (Å²) in [6, 6.07) is 25.1. The molecular weight excluding hydrogens is 474 g/mol. The summed E-state index contributed by atoms with van der Waals surface area (Å²) in [5, 5.41) is 22.8. The summed E-state index contributed by atoms with van der Waals surface area (Å²) in [5.41, 5.74) is 3.33. The second-order valence-corrected chi connectivity index (χ2v) is 9.35. The minimum atomic E-state index is -0.909. The third-order valence-electron chi connectivity index (χ3n) is 5.99. The van der Waals surface area contributed by atoms with Crippen molar-refractivity contribution in [2.24, 2.45) is 0 Å². The maximum absolute atomic E-state index is 11.4. The van der Waals surface area contributed by atoms with Gasteiger partial charge in [0.2, 0.25) is 0 Å². The Morgan fingerprint density at radius 2 is 1.58 bits per heavy atom. The van der Waals surface area contributed by atoms with E-state index in [1.165, 1.54) is 5.56 Å². The average molecular weight is 512 g/mol. The van der Waals surface area contributed by atoms with Crippen molar-refractivity contribution in [1.29, 1.82) is 0 Å². The molecule has 0 amide bonds. The number of likely N-dealkylation sites (N-methyl/N-ethyl adjacent to an activating group) is 1. The van der Waals surface area contributed by atoms with Gasteiger partial charge in [-0.25, -0.2) is 4.79 Å². The third kappa shape index (κ3) is 10.8. The SMILES string of the molecule is CNC(C)C(O)c1ccccc1.Cc1ccc(OC(CCCCCc2ccc(Cl)cc2)C(=O)O)cc1. The molecule has 0 spiro atoms. The Morgan fingerprint density at radius 1 is 0.944 bits per heavy atom. The number of nitrogens with one attached hydrogen (secondary N) is 1. The molecule has 36 heavy (non-hydrogen) atoms. The molecule has 0 saturated carbocycles. The van der Waals surface area contributed by atoms with Crippen molar-refractivity contribution in [3.05, 3.63) is 101 Å². The molecule has 0 aliphatic rings. The lowest BCUT2D eigenvalue weighted by Gasteiger charge is -2.17. The van der Waals surface area contributed by atoms with Gasteiger partial charge in [0.25, 0.3) is 0 Å². The smallest absolute Gasteiger partial charge is 0.344 e. The molecule has 194 valence electrons. The highest BCUT2D eigenvalue weighted by atomic mass is 35.5. The lowest BCUT2D eigenvalue weighted by atomic mass is 10.0. The number of aliphatic hydroxyl groups is 1. The van der Waals surface area contributed by atoms with Crippen molar-refractivity contribution in [3.8, 4) is 5.75 Å². The lowest BCUT2D eigenvalue weighted by molar-refractivity contribution is -0.145. The van der Waals surface area contributed by atoms with Crippen molar-refractivity contribution in [2.45, 2.75) is 64.2 Å². The molecule has 0 saturated heterocycles. The van der Waals surface area contributed by atoms with Gasteiger partial charge in [0.05, 0.1) is 6.10 Å². The first-order valence-corrected chi connectivity index (χ1v) is 12.8. The largest absolute Gasteiger partial charge is 0.479 e. The van der Waals surface area contributed by atoms with Gasteiger partial charge in [-0.1, -0.05) is 78.2 Å². The van der Waals surface area contributed by atoms with Gasteiger partial charge in [0, 0.05) is 11.1 Å². The Morgan fingerprint density at radius 3 is 2.17 bits per heavy atom. The number of hydrogen-bond donors (Lipinski definition) is 3. The van der Waals surface area contributed by atoms with E-state index in [2.05, 4.69) is 5.32 Å². The van der Waals surface area contributed by atoms with Gasteiger partial charge in [0.15, 0.2) is 6.10 Å². The van der Waals surface area contributed by atoms with Crippen molar-refractivity contribution in [3.63, 3.8) is 0 Å². The van der Waals surface area contributed by atoms with Crippen LogP contribution in [0, 0.1) is 6.92 Å². The Bertz CT molecular complexity index is 1010. The Kier molecular flexibility index (Phi) is 13.1. The Balaban J connectivity index is 0.000000319. The molecule has 0 bridgehead atoms. The predicted molar refractivity (Wildman–Crippen MR) is 147 cm³/mol. The number of ether oxygens (including phenoxy) is 1. The highest BCUT2D eigenvalue weighted by molar-refractivity contribution is 6.30. The average Bonchev–Trinajstić information content (AvgIpc) is 2.90. The quantitative estimate of drug-likeness (QED) is 0.238. The fourth-order valence-corrected chi connectivity index (χ4v) is 3.72. The zero-order valence-electron chi connectivity index (χ0n) is 21.4. The van der Waals surface area contributed by atoms with Crippen LogP contribution in [-0.4, -0.2) is 35.4 Å². The van der Waals surface area contributed by atoms with Crippen molar-refractivity contribution in [1.82, 2.24) is 5.32 Å². The molecule has 3 N–H and O–H groups in total. The number of aliphatic carboxylic acids is 1. The number of carboxylic acid groups (broad SMARTS) is 1. The van der Waals surface area contributed by atoms with E-state index in [1.54, 1.807) is 0 Å². The summed E-state index contributed by atoms with van der Waals surface area (Å²) in [6.07, 6.45) is 3.12. The first kappa shape index (κ1) is 29.4. The number of aliphatic hydroxyl groups excluding tert-OH is 1. The van der Waals surface area contributed by atoms with Gasteiger partial charge in [-0.3, -0.25) is 0 Å². The van der Waals surface area contributed by atoms with Crippen LogP contribution in [0.25, 0.3) is 0 Å². The molecule has 3 rings (SSSR count). The number of carboxylic acids is 1. The van der Waals surface area contributed by atoms with E-state index in [9.17, 15) is 15.0 Å². The van der Waals surface area contributed by atoms with Crippen LogP contribution in [0.4, 0.5) is 0 Å². The van der Waals surface area contributed by atoms with Crippen molar-refractivity contribution >= 4 is 17.6 Å². The molecule has 3 unspecified atom stereocenters. The van der Waals surface area contributed by atoms with E-state index in [0.717, 1.165) is 41.8 Å². The number of carbonyl (C=O) groups is 1. The maximum atomic E-state index is 11.4. The summed E-state index contributed by atoms with van der Waals surface area (Å²) in [4.78, 5) is 11.4. The fourth-order valence-electron chi connectivity index (χ4n) is 3.60. The fraction of sp³-hybridized carbons (Fsp3) is 0.367. The van der Waals surface area contributed by atoms with E-state index >= 15 is 0 Å². The zero-order valence-corrected chi connectivity index (χ0v) is 22.1. The monoisotopic (exact) mass is 511 g/mol. The maximum Gasteiger partial charge on any atom is 0.344 e. The third-order valence-corrected chi connectivity index (χ3v) is 6.24. The number of aryl methyl sites for hydroxylation is 2. The van der Waals surface area contributed by atoms with Gasteiger partial charge in [-0.05, 0) is 82.0 Å². The van der Waals surface area contributed by atoms with Crippen LogP contribution in [0.15, 0.2) is 78.9 Å². The van der Waals surface area contributed by atoms with E-state index in [0.29, 0.717) is 12.2 Å². The second kappa shape index (κ2) is 16.0.